The van der Waals surface area contributed by atoms with Crippen molar-refractivity contribution in [3.8, 4) is 0 Å². The van der Waals surface area contributed by atoms with Crippen LogP contribution in [0.5, 0.6) is 0 Å². The van der Waals surface area contributed by atoms with Crippen molar-refractivity contribution in [1.29, 1.82) is 0 Å². The molecule has 0 aromatic heterocycles. The average molecular weight is 345 g/mol. The molecule has 0 amide bonds. The maximum absolute atomic E-state index is 13.0. The van der Waals surface area contributed by atoms with Crippen LogP contribution in [-0.2, 0) is 10.0 Å². The second kappa shape index (κ2) is 6.22. The van der Waals surface area contributed by atoms with Gasteiger partial charge in [0.05, 0.1) is 17.1 Å². The molecule has 4 nitrogen and oxygen atoms in total. The van der Waals surface area contributed by atoms with Crippen molar-refractivity contribution in [2.45, 2.75) is 4.90 Å². The van der Waals surface area contributed by atoms with Crippen LogP contribution in [0.25, 0.3) is 0 Å². The molecule has 2 aromatic rings. The van der Waals surface area contributed by atoms with Gasteiger partial charge in [0.25, 0.3) is 10.0 Å². The van der Waals surface area contributed by atoms with Gasteiger partial charge < -0.3 is 0 Å². The van der Waals surface area contributed by atoms with Crippen LogP contribution < -0.4 is 4.31 Å². The Morgan fingerprint density at radius 1 is 1.04 bits per heavy atom. The van der Waals surface area contributed by atoms with E-state index in [2.05, 4.69) is 0 Å². The van der Waals surface area contributed by atoms with E-state index in [1.807, 2.05) is 6.26 Å². The Morgan fingerprint density at radius 2 is 1.70 bits per heavy atom. The van der Waals surface area contributed by atoms with Crippen molar-refractivity contribution >= 4 is 33.3 Å². The van der Waals surface area contributed by atoms with Crippen molar-refractivity contribution in [1.82, 2.24) is 0 Å². The number of nitrogens with zero attached hydrogens (tertiary/aromatic N) is 1. The minimum absolute atomic E-state index is 0.0495. The molecule has 0 spiro atoms. The predicted octanol–water partition coefficient (Wildman–Crippen LogP) is 3.33. The molecule has 3 rings (SSSR count). The lowest BCUT2D eigenvalue weighted by molar-refractivity contribution is 0.103. The second-order valence-electron chi connectivity index (χ2n) is 5.05. The highest BCUT2D eigenvalue weighted by Gasteiger charge is 2.34. The average Bonchev–Trinajstić information content (AvgIpc) is 2.58. The summed E-state index contributed by atoms with van der Waals surface area (Å²) >= 11 is 1.39. The van der Waals surface area contributed by atoms with E-state index in [9.17, 15) is 13.2 Å². The molecule has 118 valence electrons. The molecule has 0 bridgehead atoms. The van der Waals surface area contributed by atoms with Gasteiger partial charge in [0, 0.05) is 11.1 Å². The first-order valence-electron chi connectivity index (χ1n) is 6.99. The number of fused-ring (bicyclic) bond motifs is 1. The Kier molecular flexibility index (Phi) is 4.28. The third kappa shape index (κ3) is 2.80. The molecule has 0 saturated carbocycles. The van der Waals surface area contributed by atoms with Crippen LogP contribution in [0.3, 0.4) is 0 Å². The number of hydrogen-bond acceptors (Lipinski definition) is 4. The Bertz CT molecular complexity index is 874. The predicted molar refractivity (Wildman–Crippen MR) is 93.3 cm³/mol. The Labute approximate surface area is 139 Å². The number of Topliss-reactive ketones (excluding diaryl/α,β-unsaturated/α-hetero) is 1. The molecule has 1 aliphatic heterocycles. The maximum Gasteiger partial charge on any atom is 0.264 e. The molecule has 0 N–H and O–H groups in total. The van der Waals surface area contributed by atoms with E-state index in [-0.39, 0.29) is 17.2 Å². The monoisotopic (exact) mass is 345 g/mol. The molecule has 0 fully saturated rings. The summed E-state index contributed by atoms with van der Waals surface area (Å²) in [7, 11) is -3.72. The number of carbonyl (C=O) groups is 1. The number of para-hydroxylation sites is 1. The lowest BCUT2D eigenvalue weighted by atomic mass is 9.99. The van der Waals surface area contributed by atoms with Crippen LogP contribution in [0.1, 0.15) is 10.4 Å². The number of thioether (sulfide) groups is 1. The van der Waals surface area contributed by atoms with Crippen LogP contribution in [0.2, 0.25) is 0 Å². The molecule has 0 saturated heterocycles. The minimum Gasteiger partial charge on any atom is -0.289 e. The number of benzene rings is 2. The largest absolute Gasteiger partial charge is 0.289 e. The van der Waals surface area contributed by atoms with E-state index < -0.39 is 10.0 Å². The van der Waals surface area contributed by atoms with Crippen LogP contribution >= 0.6 is 11.8 Å². The van der Waals surface area contributed by atoms with Crippen molar-refractivity contribution in [3.63, 3.8) is 0 Å². The highest BCUT2D eigenvalue weighted by atomic mass is 32.2. The van der Waals surface area contributed by atoms with Crippen molar-refractivity contribution in [2.75, 3.05) is 17.1 Å². The van der Waals surface area contributed by atoms with Crippen LogP contribution in [0, 0.1) is 0 Å². The third-order valence-corrected chi connectivity index (χ3v) is 5.91. The van der Waals surface area contributed by atoms with E-state index in [4.69, 9.17) is 0 Å². The van der Waals surface area contributed by atoms with Gasteiger partial charge in [0.15, 0.2) is 5.78 Å². The fourth-order valence-corrected chi connectivity index (χ4v) is 4.48. The second-order valence-corrected chi connectivity index (χ2v) is 7.62. The van der Waals surface area contributed by atoms with Gasteiger partial charge >= 0.3 is 0 Å². The molecule has 1 aliphatic rings. The molecule has 0 radical (unpaired) electrons. The zero-order chi connectivity index (χ0) is 16.4. The summed E-state index contributed by atoms with van der Waals surface area (Å²) in [6.07, 6.45) is 1.84. The zero-order valence-corrected chi connectivity index (χ0v) is 14.1. The summed E-state index contributed by atoms with van der Waals surface area (Å²) in [6, 6.07) is 15.1. The van der Waals surface area contributed by atoms with E-state index in [1.54, 1.807) is 60.0 Å². The summed E-state index contributed by atoms with van der Waals surface area (Å²) < 4.78 is 27.3. The number of hydrogen-bond donors (Lipinski definition) is 0. The van der Waals surface area contributed by atoms with Gasteiger partial charge in [-0.15, -0.1) is 11.8 Å². The standard InChI is InChI=1S/C17H15NO3S2/c1-22-12-13-11-18(16-10-6-5-9-15(16)17(13)19)23(20,21)14-7-3-2-4-8-14/h2-10,12H,11H2,1H3/b13-12-. The van der Waals surface area contributed by atoms with Gasteiger partial charge in [0.1, 0.15) is 0 Å². The minimum atomic E-state index is -3.72. The van der Waals surface area contributed by atoms with Gasteiger partial charge in [0.2, 0.25) is 0 Å². The van der Waals surface area contributed by atoms with Crippen molar-refractivity contribution in [2.24, 2.45) is 0 Å². The third-order valence-electron chi connectivity index (χ3n) is 3.61. The van der Waals surface area contributed by atoms with Gasteiger partial charge in [-0.2, -0.15) is 0 Å². The fourth-order valence-electron chi connectivity index (χ4n) is 2.53. The molecule has 23 heavy (non-hydrogen) atoms. The molecule has 0 atom stereocenters. The molecule has 0 unspecified atom stereocenters. The van der Waals surface area contributed by atoms with Crippen LogP contribution in [0.15, 0.2) is 70.5 Å². The molecular weight excluding hydrogens is 330 g/mol. The van der Waals surface area contributed by atoms with Gasteiger partial charge in [-0.25, -0.2) is 8.42 Å². The fraction of sp³-hybridized carbons (Fsp3) is 0.118. The van der Waals surface area contributed by atoms with Gasteiger partial charge in [-0.05, 0) is 35.9 Å². The Morgan fingerprint density at radius 3 is 2.39 bits per heavy atom. The van der Waals surface area contributed by atoms with Gasteiger partial charge in [-0.3, -0.25) is 9.10 Å². The van der Waals surface area contributed by atoms with E-state index >= 15 is 0 Å². The summed E-state index contributed by atoms with van der Waals surface area (Å²) in [5, 5.41) is 1.71. The van der Waals surface area contributed by atoms with Crippen LogP contribution in [0.4, 0.5) is 5.69 Å². The normalized spacial score (nSPS) is 16.5. The highest BCUT2D eigenvalue weighted by molar-refractivity contribution is 8.01. The quantitative estimate of drug-likeness (QED) is 0.801. The number of rotatable bonds is 3. The Balaban J connectivity index is 2.18. The smallest absolute Gasteiger partial charge is 0.264 e. The molecule has 0 aliphatic carbocycles. The molecule has 2 aromatic carbocycles. The zero-order valence-electron chi connectivity index (χ0n) is 12.5. The number of carbonyl (C=O) groups excluding carboxylic acids is 1. The topological polar surface area (TPSA) is 54.5 Å². The van der Waals surface area contributed by atoms with Gasteiger partial charge in [-0.1, -0.05) is 30.3 Å². The SMILES string of the molecule is CS/C=C1/CN(S(=O)(=O)c2ccccc2)c2ccccc2C1=O. The highest BCUT2D eigenvalue weighted by Crippen LogP contribution is 2.34. The maximum atomic E-state index is 13.0. The van der Waals surface area contributed by atoms with Crippen molar-refractivity contribution < 1.29 is 13.2 Å². The summed E-state index contributed by atoms with van der Waals surface area (Å²) in [6.45, 7) is 0.0495. The summed E-state index contributed by atoms with van der Waals surface area (Å²) in [4.78, 5) is 12.7. The summed E-state index contributed by atoms with van der Waals surface area (Å²) in [5.41, 5.74) is 1.33. The first-order chi connectivity index (χ1) is 11.1. The molecule has 6 heteroatoms. The number of ketones is 1. The van der Waals surface area contributed by atoms with Crippen molar-refractivity contribution in [3.05, 3.63) is 71.1 Å². The number of sulfonamides is 1. The molecule has 1 heterocycles. The van der Waals surface area contributed by atoms with E-state index in [0.29, 0.717) is 16.8 Å². The first-order valence-corrected chi connectivity index (χ1v) is 9.72. The first kappa shape index (κ1) is 15.8. The summed E-state index contributed by atoms with van der Waals surface area (Å²) in [5.74, 6) is -0.116. The lowest BCUT2D eigenvalue weighted by Crippen LogP contribution is -2.38. The van der Waals surface area contributed by atoms with Crippen LogP contribution in [-0.4, -0.2) is 27.0 Å². The lowest BCUT2D eigenvalue weighted by Gasteiger charge is -2.31. The number of anilines is 1. The molecular formula is C17H15NO3S2. The Hall–Kier alpha value is -2.05. The van der Waals surface area contributed by atoms with E-state index in [1.165, 1.54) is 16.1 Å². The van der Waals surface area contributed by atoms with E-state index in [0.717, 1.165) is 0 Å².